The second-order valence-electron chi connectivity index (χ2n) is 6.68. The van der Waals surface area contributed by atoms with Gasteiger partial charge in [-0.2, -0.15) is 0 Å². The topological polar surface area (TPSA) is 114 Å². The molecule has 0 saturated carbocycles. The predicted molar refractivity (Wildman–Crippen MR) is 106 cm³/mol. The van der Waals surface area contributed by atoms with Crippen LogP contribution in [0.2, 0.25) is 0 Å². The van der Waals surface area contributed by atoms with Crippen LogP contribution in [0.3, 0.4) is 0 Å². The lowest BCUT2D eigenvalue weighted by molar-refractivity contribution is 0.579. The summed E-state index contributed by atoms with van der Waals surface area (Å²) in [4.78, 5) is -0.344. The van der Waals surface area contributed by atoms with Crippen molar-refractivity contribution in [2.24, 2.45) is 0 Å². The number of benzene rings is 2. The van der Waals surface area contributed by atoms with Crippen LogP contribution >= 0.6 is 0 Å². The summed E-state index contributed by atoms with van der Waals surface area (Å²) in [5, 5.41) is -1.04. The Kier molecular flexibility index (Phi) is 5.95. The molecule has 1 N–H and O–H groups in total. The van der Waals surface area contributed by atoms with Crippen molar-refractivity contribution in [1.29, 1.82) is 0 Å². The van der Waals surface area contributed by atoms with Crippen molar-refractivity contribution in [3.63, 3.8) is 0 Å². The lowest BCUT2D eigenvalue weighted by atomic mass is 10.2. The molecule has 0 aromatic heterocycles. The molecule has 7 nitrogen and oxygen atoms in total. The minimum Gasteiger partial charge on any atom is -0.229 e. The van der Waals surface area contributed by atoms with E-state index in [0.717, 1.165) is 11.6 Å². The van der Waals surface area contributed by atoms with Gasteiger partial charge in [0, 0.05) is 6.54 Å². The van der Waals surface area contributed by atoms with Gasteiger partial charge in [0.15, 0.2) is 19.7 Å². The van der Waals surface area contributed by atoms with Gasteiger partial charge in [-0.1, -0.05) is 36.4 Å². The van der Waals surface area contributed by atoms with E-state index in [0.29, 0.717) is 6.42 Å². The zero-order chi connectivity index (χ0) is 20.4. The average molecular weight is 444 g/mol. The Morgan fingerprint density at radius 2 is 1.61 bits per heavy atom. The van der Waals surface area contributed by atoms with Crippen molar-refractivity contribution in [2.75, 3.05) is 18.1 Å². The molecule has 10 heteroatoms. The third-order valence-electron chi connectivity index (χ3n) is 4.62. The molecule has 1 atom stereocenters. The van der Waals surface area contributed by atoms with Gasteiger partial charge in [-0.25, -0.2) is 30.0 Å². The molecule has 0 aliphatic carbocycles. The van der Waals surface area contributed by atoms with Crippen molar-refractivity contribution in [1.82, 2.24) is 4.72 Å². The van der Waals surface area contributed by atoms with Gasteiger partial charge in [-0.05, 0) is 36.6 Å². The molecule has 0 radical (unpaired) electrons. The summed E-state index contributed by atoms with van der Waals surface area (Å²) in [6.45, 7) is 0.171. The van der Waals surface area contributed by atoms with Gasteiger partial charge in [-0.15, -0.1) is 0 Å². The molecule has 2 aromatic carbocycles. The third-order valence-corrected chi connectivity index (χ3v) is 10.3. The molecule has 0 spiro atoms. The Bertz CT molecular complexity index is 1160. The third kappa shape index (κ3) is 4.80. The van der Waals surface area contributed by atoms with Gasteiger partial charge in [0.25, 0.3) is 0 Å². The Morgan fingerprint density at radius 3 is 2.25 bits per heavy atom. The van der Waals surface area contributed by atoms with Crippen LogP contribution in [0, 0.1) is 0 Å². The molecule has 1 unspecified atom stereocenters. The molecule has 3 rings (SSSR count). The van der Waals surface area contributed by atoms with Crippen LogP contribution < -0.4 is 4.72 Å². The van der Waals surface area contributed by atoms with E-state index < -0.39 is 40.7 Å². The molecule has 1 aliphatic rings. The van der Waals surface area contributed by atoms with Gasteiger partial charge in [0.2, 0.25) is 10.0 Å². The average Bonchev–Trinajstić information content (AvgIpc) is 3.03. The van der Waals surface area contributed by atoms with Gasteiger partial charge in [-0.3, -0.25) is 0 Å². The predicted octanol–water partition coefficient (Wildman–Crippen LogP) is 1.17. The molecular weight excluding hydrogens is 422 g/mol. The Labute approximate surface area is 165 Å². The highest BCUT2D eigenvalue weighted by Gasteiger charge is 2.38. The molecule has 1 fully saturated rings. The maximum atomic E-state index is 12.7. The van der Waals surface area contributed by atoms with Crippen molar-refractivity contribution in [2.45, 2.75) is 27.9 Å². The number of hydrogen-bond acceptors (Lipinski definition) is 6. The SMILES string of the molecule is O=S1(=O)CCC(S(=O)(=O)c2cccc(S(=O)(=O)NCCc3ccccc3)c2)C1. The molecule has 2 aromatic rings. The lowest BCUT2D eigenvalue weighted by Gasteiger charge is -2.12. The van der Waals surface area contributed by atoms with Crippen LogP contribution in [0.1, 0.15) is 12.0 Å². The fourth-order valence-electron chi connectivity index (χ4n) is 3.07. The first-order valence-corrected chi connectivity index (χ1v) is 13.5. The Morgan fingerprint density at radius 1 is 0.929 bits per heavy atom. The zero-order valence-corrected chi connectivity index (χ0v) is 17.4. The first-order chi connectivity index (χ1) is 13.1. The first-order valence-electron chi connectivity index (χ1n) is 8.68. The van der Waals surface area contributed by atoms with Crippen LogP contribution in [0.15, 0.2) is 64.4 Å². The number of sulfonamides is 1. The maximum absolute atomic E-state index is 12.7. The number of hydrogen-bond donors (Lipinski definition) is 1. The zero-order valence-electron chi connectivity index (χ0n) is 15.0. The van der Waals surface area contributed by atoms with E-state index in [-0.39, 0.29) is 28.5 Å². The summed E-state index contributed by atoms with van der Waals surface area (Å²) in [5.41, 5.74) is 0.976. The molecule has 0 bridgehead atoms. The number of rotatable bonds is 7. The van der Waals surface area contributed by atoms with E-state index in [1.807, 2.05) is 30.3 Å². The summed E-state index contributed by atoms with van der Waals surface area (Å²) in [7, 11) is -11.2. The molecule has 0 amide bonds. The smallest absolute Gasteiger partial charge is 0.229 e. The van der Waals surface area contributed by atoms with Gasteiger partial charge >= 0.3 is 0 Å². The molecule has 1 saturated heterocycles. The van der Waals surface area contributed by atoms with Crippen molar-refractivity contribution < 1.29 is 25.3 Å². The summed E-state index contributed by atoms with van der Waals surface area (Å²) in [6.07, 6.45) is 0.523. The molecule has 28 heavy (non-hydrogen) atoms. The highest BCUT2D eigenvalue weighted by atomic mass is 32.2. The molecule has 1 aliphatic heterocycles. The molecule has 1 heterocycles. The fourth-order valence-corrected chi connectivity index (χ4v) is 8.63. The van der Waals surface area contributed by atoms with Crippen LogP contribution in [0.5, 0.6) is 0 Å². The minimum absolute atomic E-state index is 0.0248. The van der Waals surface area contributed by atoms with Gasteiger partial charge < -0.3 is 0 Å². The number of nitrogens with one attached hydrogen (secondary N) is 1. The van der Waals surface area contributed by atoms with Gasteiger partial charge in [0.05, 0.1) is 26.5 Å². The highest BCUT2D eigenvalue weighted by Crippen LogP contribution is 2.26. The lowest BCUT2D eigenvalue weighted by Crippen LogP contribution is -2.27. The van der Waals surface area contributed by atoms with Crippen molar-refractivity contribution >= 4 is 29.7 Å². The largest absolute Gasteiger partial charge is 0.240 e. The standard InChI is InChI=1S/C18H21NO6S3/c20-26(21)12-10-18(14-26)27(22,23)16-7-4-8-17(13-16)28(24,25)19-11-9-15-5-2-1-3-6-15/h1-8,13,18-19H,9-12,14H2. The highest BCUT2D eigenvalue weighted by molar-refractivity contribution is 7.96. The molecule has 152 valence electrons. The minimum atomic E-state index is -3.93. The summed E-state index contributed by atoms with van der Waals surface area (Å²) in [6, 6.07) is 14.4. The van der Waals surface area contributed by atoms with Crippen molar-refractivity contribution in [3.05, 3.63) is 60.2 Å². The summed E-state index contributed by atoms with van der Waals surface area (Å²) < 4.78 is 76.2. The molecular formula is C18H21NO6S3. The maximum Gasteiger partial charge on any atom is 0.240 e. The monoisotopic (exact) mass is 443 g/mol. The van der Waals surface area contributed by atoms with Crippen LogP contribution in [0.4, 0.5) is 0 Å². The second kappa shape index (κ2) is 7.94. The van der Waals surface area contributed by atoms with Crippen LogP contribution in [-0.2, 0) is 36.1 Å². The first kappa shape index (κ1) is 21.0. The van der Waals surface area contributed by atoms with Crippen LogP contribution in [0.25, 0.3) is 0 Å². The normalized spacial score (nSPS) is 19.5. The van der Waals surface area contributed by atoms with E-state index in [1.54, 1.807) is 0 Å². The second-order valence-corrected chi connectivity index (χ2v) is 12.9. The summed E-state index contributed by atoms with van der Waals surface area (Å²) in [5.74, 6) is -0.600. The Hall–Kier alpha value is -1.75. The summed E-state index contributed by atoms with van der Waals surface area (Å²) >= 11 is 0. The van der Waals surface area contributed by atoms with E-state index in [4.69, 9.17) is 0 Å². The fraction of sp³-hybridized carbons (Fsp3) is 0.333. The van der Waals surface area contributed by atoms with E-state index in [2.05, 4.69) is 4.72 Å². The number of sulfone groups is 2. The van der Waals surface area contributed by atoms with Crippen LogP contribution in [-0.4, -0.2) is 48.6 Å². The van der Waals surface area contributed by atoms with E-state index in [9.17, 15) is 25.3 Å². The van der Waals surface area contributed by atoms with E-state index in [1.165, 1.54) is 18.2 Å². The van der Waals surface area contributed by atoms with Gasteiger partial charge in [0.1, 0.15) is 0 Å². The quantitative estimate of drug-likeness (QED) is 0.687. The van der Waals surface area contributed by atoms with Crippen molar-refractivity contribution in [3.8, 4) is 0 Å². The van der Waals surface area contributed by atoms with E-state index >= 15 is 0 Å². The Balaban J connectivity index is 1.76.